The smallest absolute Gasteiger partial charge is 0.311 e. The fraction of sp³-hybridized carbons (Fsp3) is 0.833. The van der Waals surface area contributed by atoms with Gasteiger partial charge in [0.15, 0.2) is 0 Å². The van der Waals surface area contributed by atoms with Crippen LogP contribution >= 0.6 is 0 Å². The molecule has 0 spiro atoms. The molecule has 0 unspecified atom stereocenters. The summed E-state index contributed by atoms with van der Waals surface area (Å²) in [4.78, 5) is 41.7. The highest BCUT2D eigenvalue weighted by Crippen LogP contribution is 2.16. The summed E-state index contributed by atoms with van der Waals surface area (Å²) in [7, 11) is 0. The van der Waals surface area contributed by atoms with Crippen LogP contribution in [0.2, 0.25) is 0 Å². The van der Waals surface area contributed by atoms with Crippen molar-refractivity contribution in [2.45, 2.75) is 109 Å². The minimum absolute atomic E-state index is 0.00766. The van der Waals surface area contributed by atoms with Gasteiger partial charge in [0.1, 0.15) is 0 Å². The van der Waals surface area contributed by atoms with Gasteiger partial charge in [0.25, 0.3) is 0 Å². The van der Waals surface area contributed by atoms with Crippen molar-refractivity contribution in [2.75, 3.05) is 13.2 Å². The van der Waals surface area contributed by atoms with Crippen LogP contribution in [0.1, 0.15) is 96.9 Å². The van der Waals surface area contributed by atoms with Crippen LogP contribution in [0.25, 0.3) is 0 Å². The largest absolute Gasteiger partial charge is 0.466 e. The fourth-order valence-corrected chi connectivity index (χ4v) is 1.27. The minimum atomic E-state index is -0.371. The zero-order valence-electron chi connectivity index (χ0n) is 22.8. The first-order valence-electron chi connectivity index (χ1n) is 10.9. The molecule has 0 bridgehead atoms. The van der Waals surface area contributed by atoms with E-state index in [1.54, 1.807) is 6.92 Å². The van der Waals surface area contributed by atoms with E-state index in [1.807, 2.05) is 76.2 Å². The van der Waals surface area contributed by atoms with Gasteiger partial charge in [0.05, 0.1) is 36.3 Å². The van der Waals surface area contributed by atoms with Crippen LogP contribution in [-0.2, 0) is 38.1 Å². The van der Waals surface area contributed by atoms with Gasteiger partial charge in [0, 0.05) is 13.8 Å². The first-order valence-corrected chi connectivity index (χ1v) is 10.9. The summed E-state index contributed by atoms with van der Waals surface area (Å²) in [6.07, 6.45) is 0.0178. The summed E-state index contributed by atoms with van der Waals surface area (Å²) >= 11 is 0. The van der Waals surface area contributed by atoms with E-state index in [-0.39, 0.29) is 46.9 Å². The normalized spacial score (nSPS) is 10.2. The molecule has 0 radical (unpaired) electrons. The summed E-state index contributed by atoms with van der Waals surface area (Å²) in [6, 6.07) is 0. The lowest BCUT2D eigenvalue weighted by molar-refractivity contribution is -0.157. The van der Waals surface area contributed by atoms with Gasteiger partial charge in [-0.1, -0.05) is 0 Å². The average molecular weight is 465 g/mol. The molecule has 0 aliphatic rings. The predicted molar refractivity (Wildman–Crippen MR) is 126 cm³/mol. The van der Waals surface area contributed by atoms with Gasteiger partial charge in [0.2, 0.25) is 0 Å². The number of rotatable bonds is 4. The molecule has 0 aliphatic heterocycles. The molecular formula is C24H48O8. The molecule has 0 aromatic carbocycles. The number of esters is 4. The van der Waals surface area contributed by atoms with E-state index in [2.05, 4.69) is 9.47 Å². The SMILES string of the molecule is CC(=O)OC(C)C.CC(C)OC(=O)C(C)(C)C.CCOC(=O)C(C)(C)C.CCOC(C)=O. The van der Waals surface area contributed by atoms with Gasteiger partial charge in [-0.15, -0.1) is 0 Å². The van der Waals surface area contributed by atoms with Crippen molar-refractivity contribution in [1.29, 1.82) is 0 Å². The van der Waals surface area contributed by atoms with Crippen LogP contribution in [0.15, 0.2) is 0 Å². The monoisotopic (exact) mass is 464 g/mol. The first-order chi connectivity index (χ1) is 14.2. The van der Waals surface area contributed by atoms with Gasteiger partial charge in [-0.25, -0.2) is 0 Å². The Balaban J connectivity index is -0.000000166. The number of ether oxygens (including phenoxy) is 4. The Morgan fingerprint density at radius 1 is 0.594 bits per heavy atom. The van der Waals surface area contributed by atoms with Gasteiger partial charge >= 0.3 is 23.9 Å². The summed E-state index contributed by atoms with van der Waals surface area (Å²) in [6.45, 7) is 25.7. The molecule has 0 fully saturated rings. The maximum atomic E-state index is 11.1. The summed E-state index contributed by atoms with van der Waals surface area (Å²) in [5.41, 5.74) is -0.722. The lowest BCUT2D eigenvalue weighted by Gasteiger charge is -2.18. The molecule has 8 nitrogen and oxygen atoms in total. The Morgan fingerprint density at radius 2 is 0.938 bits per heavy atom. The third-order valence-corrected chi connectivity index (χ3v) is 2.59. The zero-order chi connectivity index (χ0) is 26.7. The zero-order valence-corrected chi connectivity index (χ0v) is 22.8. The summed E-state index contributed by atoms with van der Waals surface area (Å²) in [5.74, 6) is -0.694. The molecule has 0 atom stereocenters. The Labute approximate surface area is 195 Å². The molecular weight excluding hydrogens is 416 g/mol. The molecule has 8 heteroatoms. The van der Waals surface area contributed by atoms with E-state index in [1.165, 1.54) is 13.8 Å². The van der Waals surface area contributed by atoms with Crippen LogP contribution in [-0.4, -0.2) is 49.3 Å². The Morgan fingerprint density at radius 3 is 1.00 bits per heavy atom. The van der Waals surface area contributed by atoms with Crippen molar-refractivity contribution >= 4 is 23.9 Å². The van der Waals surface area contributed by atoms with Gasteiger partial charge in [-0.3, -0.25) is 19.2 Å². The van der Waals surface area contributed by atoms with Crippen LogP contribution in [0, 0.1) is 10.8 Å². The van der Waals surface area contributed by atoms with Crippen molar-refractivity contribution in [1.82, 2.24) is 0 Å². The van der Waals surface area contributed by atoms with Crippen LogP contribution in [0.3, 0.4) is 0 Å². The highest BCUT2D eigenvalue weighted by Gasteiger charge is 2.23. The second kappa shape index (κ2) is 19.6. The Hall–Kier alpha value is -2.12. The molecule has 0 aromatic heterocycles. The highest BCUT2D eigenvalue weighted by atomic mass is 16.5. The standard InChI is InChI=1S/C8H16O2.C7H14O2.C5H10O2.C4H8O2/c1-6(2)10-7(9)8(3,4)5;1-5-9-6(8)7(2,3)4;1-4(2)7-5(3)6;1-3-6-4(2)5/h6H,1-5H3;5H2,1-4H3;4H,1-3H3;3H2,1-2H3. The number of carbonyl (C=O) groups is 4. The summed E-state index contributed by atoms with van der Waals surface area (Å²) in [5, 5.41) is 0. The molecule has 32 heavy (non-hydrogen) atoms. The third-order valence-electron chi connectivity index (χ3n) is 2.59. The van der Waals surface area contributed by atoms with E-state index in [0.29, 0.717) is 13.2 Å². The lowest BCUT2D eigenvalue weighted by Crippen LogP contribution is -2.25. The molecule has 0 rings (SSSR count). The lowest BCUT2D eigenvalue weighted by atomic mass is 9.97. The van der Waals surface area contributed by atoms with Crippen LogP contribution in [0.4, 0.5) is 0 Å². The first kappa shape index (κ1) is 37.2. The van der Waals surface area contributed by atoms with E-state index in [0.717, 1.165) is 0 Å². The topological polar surface area (TPSA) is 105 Å². The molecule has 0 saturated carbocycles. The van der Waals surface area contributed by atoms with E-state index in [9.17, 15) is 19.2 Å². The van der Waals surface area contributed by atoms with Crippen molar-refractivity contribution in [3.05, 3.63) is 0 Å². The van der Waals surface area contributed by atoms with Gasteiger partial charge < -0.3 is 18.9 Å². The fourth-order valence-electron chi connectivity index (χ4n) is 1.27. The molecule has 0 N–H and O–H groups in total. The Bertz CT molecular complexity index is 523. The van der Waals surface area contributed by atoms with E-state index < -0.39 is 0 Å². The maximum Gasteiger partial charge on any atom is 0.311 e. The average Bonchev–Trinajstić information content (AvgIpc) is 2.53. The summed E-state index contributed by atoms with van der Waals surface area (Å²) < 4.78 is 18.8. The molecule has 0 aromatic rings. The van der Waals surface area contributed by atoms with Crippen molar-refractivity contribution in [3.8, 4) is 0 Å². The molecule has 0 aliphatic carbocycles. The van der Waals surface area contributed by atoms with Gasteiger partial charge in [-0.2, -0.15) is 0 Å². The van der Waals surface area contributed by atoms with E-state index >= 15 is 0 Å². The second-order valence-electron chi connectivity index (χ2n) is 9.26. The van der Waals surface area contributed by atoms with Crippen molar-refractivity contribution in [2.24, 2.45) is 10.8 Å². The molecule has 0 amide bonds. The maximum absolute atomic E-state index is 11.1. The van der Waals surface area contributed by atoms with Crippen molar-refractivity contribution in [3.63, 3.8) is 0 Å². The predicted octanol–water partition coefficient (Wildman–Crippen LogP) is 5.11. The number of hydrogen-bond acceptors (Lipinski definition) is 8. The van der Waals surface area contributed by atoms with E-state index in [4.69, 9.17) is 9.47 Å². The Kier molecular flexibility index (Phi) is 22.7. The molecule has 192 valence electrons. The molecule has 0 heterocycles. The number of hydrogen-bond donors (Lipinski definition) is 0. The van der Waals surface area contributed by atoms with Crippen molar-refractivity contribution < 1.29 is 38.1 Å². The molecule has 0 saturated heterocycles. The minimum Gasteiger partial charge on any atom is -0.466 e. The second-order valence-corrected chi connectivity index (χ2v) is 9.26. The van der Waals surface area contributed by atoms with Crippen LogP contribution < -0.4 is 0 Å². The highest BCUT2D eigenvalue weighted by molar-refractivity contribution is 5.75. The van der Waals surface area contributed by atoms with Gasteiger partial charge in [-0.05, 0) is 83.1 Å². The van der Waals surface area contributed by atoms with Crippen LogP contribution in [0.5, 0.6) is 0 Å². The third kappa shape index (κ3) is 35.3. The quantitative estimate of drug-likeness (QED) is 0.417. The number of carbonyl (C=O) groups excluding carboxylic acids is 4.